The smallest absolute Gasteiger partial charge is 0.359 e. The van der Waals surface area contributed by atoms with E-state index in [9.17, 15) is 9.59 Å². The molecule has 0 aliphatic rings. The molecule has 0 radical (unpaired) electrons. The Morgan fingerprint density at radius 1 is 1.82 bits per heavy atom. The number of amides is 1. The van der Waals surface area contributed by atoms with E-state index in [0.29, 0.717) is 0 Å². The highest BCUT2D eigenvalue weighted by Crippen LogP contribution is 1.99. The average molecular weight is 161 g/mol. The highest BCUT2D eigenvalue weighted by atomic mass is 16.6. The van der Waals surface area contributed by atoms with Gasteiger partial charge in [-0.05, 0) is 13.8 Å². The van der Waals surface area contributed by atoms with Crippen molar-refractivity contribution in [3.8, 4) is 0 Å². The molecule has 0 spiro atoms. The third kappa shape index (κ3) is 2.99. The molecule has 0 fully saturated rings. The van der Waals surface area contributed by atoms with Crippen LogP contribution in [-0.4, -0.2) is 29.8 Å². The summed E-state index contributed by atoms with van der Waals surface area (Å²) in [6.45, 7) is 2.91. The second kappa shape index (κ2) is 3.92. The SMILES string of the molecule is CCOC(=O)C(C)(O)NC=O. The van der Waals surface area contributed by atoms with Crippen LogP contribution in [0.1, 0.15) is 13.8 Å². The van der Waals surface area contributed by atoms with Gasteiger partial charge in [-0.2, -0.15) is 0 Å². The van der Waals surface area contributed by atoms with Crippen molar-refractivity contribution in [2.75, 3.05) is 6.61 Å². The van der Waals surface area contributed by atoms with Gasteiger partial charge in [-0.25, -0.2) is 4.79 Å². The molecule has 0 aromatic heterocycles. The van der Waals surface area contributed by atoms with E-state index in [4.69, 9.17) is 5.11 Å². The van der Waals surface area contributed by atoms with Crippen LogP contribution in [0.15, 0.2) is 0 Å². The normalized spacial score (nSPS) is 14.8. The molecule has 0 aromatic carbocycles. The maximum Gasteiger partial charge on any atom is 0.359 e. The van der Waals surface area contributed by atoms with Gasteiger partial charge >= 0.3 is 5.97 Å². The molecular weight excluding hydrogens is 150 g/mol. The summed E-state index contributed by atoms with van der Waals surface area (Å²) in [6.07, 6.45) is 0.233. The zero-order chi connectivity index (χ0) is 8.91. The summed E-state index contributed by atoms with van der Waals surface area (Å²) >= 11 is 0. The monoisotopic (exact) mass is 161 g/mol. The zero-order valence-electron chi connectivity index (χ0n) is 6.46. The molecule has 0 heterocycles. The van der Waals surface area contributed by atoms with E-state index < -0.39 is 11.7 Å². The maximum absolute atomic E-state index is 10.8. The number of aliphatic hydroxyl groups is 1. The van der Waals surface area contributed by atoms with E-state index in [0.717, 1.165) is 6.92 Å². The maximum atomic E-state index is 10.8. The van der Waals surface area contributed by atoms with Crippen LogP contribution in [0.25, 0.3) is 0 Å². The fourth-order valence-corrected chi connectivity index (χ4v) is 0.445. The van der Waals surface area contributed by atoms with Crippen molar-refractivity contribution in [3.63, 3.8) is 0 Å². The van der Waals surface area contributed by atoms with E-state index >= 15 is 0 Å². The Bertz CT molecular complexity index is 155. The number of carbonyl (C=O) groups excluding carboxylic acids is 2. The number of ether oxygens (including phenoxy) is 1. The van der Waals surface area contributed by atoms with Gasteiger partial charge in [0.05, 0.1) is 6.61 Å². The topological polar surface area (TPSA) is 75.6 Å². The molecule has 0 saturated heterocycles. The predicted molar refractivity (Wildman–Crippen MR) is 36.5 cm³/mol. The molecule has 11 heavy (non-hydrogen) atoms. The Balaban J connectivity index is 4.05. The third-order valence-corrected chi connectivity index (χ3v) is 1.01. The number of rotatable bonds is 4. The van der Waals surface area contributed by atoms with Gasteiger partial charge in [0, 0.05) is 0 Å². The van der Waals surface area contributed by atoms with Gasteiger partial charge in [0.25, 0.3) is 0 Å². The van der Waals surface area contributed by atoms with Gasteiger partial charge in [0.15, 0.2) is 0 Å². The van der Waals surface area contributed by atoms with Gasteiger partial charge in [-0.15, -0.1) is 0 Å². The minimum atomic E-state index is -1.92. The first-order valence-electron chi connectivity index (χ1n) is 3.15. The van der Waals surface area contributed by atoms with Crippen LogP contribution in [0.5, 0.6) is 0 Å². The van der Waals surface area contributed by atoms with E-state index in [1.807, 2.05) is 5.32 Å². The highest BCUT2D eigenvalue weighted by Gasteiger charge is 2.30. The van der Waals surface area contributed by atoms with Crippen LogP contribution in [0.3, 0.4) is 0 Å². The Morgan fingerprint density at radius 2 is 2.36 bits per heavy atom. The van der Waals surface area contributed by atoms with Crippen molar-refractivity contribution in [3.05, 3.63) is 0 Å². The van der Waals surface area contributed by atoms with Gasteiger partial charge in [0.1, 0.15) is 0 Å². The lowest BCUT2D eigenvalue weighted by Crippen LogP contribution is -2.49. The molecule has 5 nitrogen and oxygen atoms in total. The summed E-state index contributed by atoms with van der Waals surface area (Å²) in [5.74, 6) is -0.868. The Morgan fingerprint density at radius 3 is 2.73 bits per heavy atom. The first-order chi connectivity index (χ1) is 5.04. The fraction of sp³-hybridized carbons (Fsp3) is 0.667. The van der Waals surface area contributed by atoms with E-state index in [-0.39, 0.29) is 13.0 Å². The van der Waals surface area contributed by atoms with Crippen LogP contribution in [0.2, 0.25) is 0 Å². The van der Waals surface area contributed by atoms with Crippen LogP contribution >= 0.6 is 0 Å². The summed E-state index contributed by atoms with van der Waals surface area (Å²) in [7, 11) is 0. The van der Waals surface area contributed by atoms with Crippen LogP contribution in [0.4, 0.5) is 0 Å². The molecule has 0 saturated carbocycles. The van der Waals surface area contributed by atoms with Crippen molar-refractivity contribution < 1.29 is 19.4 Å². The molecule has 0 rings (SSSR count). The Kier molecular flexibility index (Phi) is 3.53. The standard InChI is InChI=1S/C6H11NO4/c1-3-11-5(9)6(2,10)7-4-8/h4,10H,3H2,1-2H3,(H,7,8). The van der Waals surface area contributed by atoms with Crippen molar-refractivity contribution >= 4 is 12.4 Å². The van der Waals surface area contributed by atoms with Gasteiger partial charge in [-0.3, -0.25) is 4.79 Å². The molecule has 2 N–H and O–H groups in total. The second-order valence-electron chi connectivity index (χ2n) is 2.05. The molecule has 0 bridgehead atoms. The average Bonchev–Trinajstić information content (AvgIpc) is 1.88. The Labute approximate surface area is 64.3 Å². The first kappa shape index (κ1) is 9.90. The van der Waals surface area contributed by atoms with E-state index in [1.54, 1.807) is 6.92 Å². The summed E-state index contributed by atoms with van der Waals surface area (Å²) < 4.78 is 4.45. The highest BCUT2D eigenvalue weighted by molar-refractivity contribution is 5.80. The number of carbonyl (C=O) groups is 2. The van der Waals surface area contributed by atoms with Gasteiger partial charge < -0.3 is 15.2 Å². The largest absolute Gasteiger partial charge is 0.462 e. The zero-order valence-corrected chi connectivity index (χ0v) is 6.46. The molecule has 0 aliphatic heterocycles. The lowest BCUT2D eigenvalue weighted by molar-refractivity contribution is -0.167. The quantitative estimate of drug-likeness (QED) is 0.315. The molecule has 0 aliphatic carbocycles. The fourth-order valence-electron chi connectivity index (χ4n) is 0.445. The summed E-state index contributed by atoms with van der Waals surface area (Å²) in [6, 6.07) is 0. The van der Waals surface area contributed by atoms with Crippen molar-refractivity contribution in [1.29, 1.82) is 0 Å². The predicted octanol–water partition coefficient (Wildman–Crippen LogP) is -0.996. The minimum Gasteiger partial charge on any atom is -0.462 e. The number of esters is 1. The first-order valence-corrected chi connectivity index (χ1v) is 3.15. The molecule has 64 valence electrons. The second-order valence-corrected chi connectivity index (χ2v) is 2.05. The van der Waals surface area contributed by atoms with Crippen molar-refractivity contribution in [2.24, 2.45) is 0 Å². The third-order valence-electron chi connectivity index (χ3n) is 1.01. The summed E-state index contributed by atoms with van der Waals surface area (Å²) in [5, 5.41) is 11.0. The summed E-state index contributed by atoms with van der Waals surface area (Å²) in [4.78, 5) is 20.6. The number of hydrogen-bond donors (Lipinski definition) is 2. The van der Waals surface area contributed by atoms with Crippen LogP contribution in [-0.2, 0) is 14.3 Å². The molecule has 1 amide bonds. The van der Waals surface area contributed by atoms with Crippen molar-refractivity contribution in [1.82, 2.24) is 5.32 Å². The molecule has 0 aromatic rings. The lowest BCUT2D eigenvalue weighted by Gasteiger charge is -2.18. The Hall–Kier alpha value is -1.10. The molecule has 1 unspecified atom stereocenters. The van der Waals surface area contributed by atoms with E-state index in [2.05, 4.69) is 4.74 Å². The van der Waals surface area contributed by atoms with Crippen LogP contribution < -0.4 is 5.32 Å². The van der Waals surface area contributed by atoms with Crippen LogP contribution in [0, 0.1) is 0 Å². The van der Waals surface area contributed by atoms with Crippen molar-refractivity contribution in [2.45, 2.75) is 19.6 Å². The number of nitrogens with one attached hydrogen (secondary N) is 1. The number of hydrogen-bond acceptors (Lipinski definition) is 4. The van der Waals surface area contributed by atoms with E-state index in [1.165, 1.54) is 0 Å². The minimum absolute atomic E-state index is 0.162. The van der Waals surface area contributed by atoms with Gasteiger partial charge in [0.2, 0.25) is 12.1 Å². The summed E-state index contributed by atoms with van der Waals surface area (Å²) in [5.41, 5.74) is -1.92. The molecule has 1 atom stereocenters. The molecule has 5 heteroatoms. The lowest BCUT2D eigenvalue weighted by atomic mass is 10.3. The molecular formula is C6H11NO4. The van der Waals surface area contributed by atoms with Gasteiger partial charge in [-0.1, -0.05) is 0 Å².